The van der Waals surface area contributed by atoms with Crippen LogP contribution in [0.4, 0.5) is 5.69 Å². The number of esters is 1. The molecule has 0 bridgehead atoms. The molecule has 6 nitrogen and oxygen atoms in total. The molecule has 0 saturated heterocycles. The van der Waals surface area contributed by atoms with Gasteiger partial charge in [-0.3, -0.25) is 4.57 Å². The lowest BCUT2D eigenvalue weighted by Crippen LogP contribution is -2.09. The predicted octanol–water partition coefficient (Wildman–Crippen LogP) is 4.52. The SMILES string of the molecule is CCOc1nc2cccc(C(=O)OC)c2n1Cc1ccc(-c2ccccc2N)cc1. The third kappa shape index (κ3) is 3.59. The van der Waals surface area contributed by atoms with Gasteiger partial charge in [0.05, 0.1) is 36.9 Å². The topological polar surface area (TPSA) is 79.4 Å². The van der Waals surface area contributed by atoms with Crippen LogP contribution in [0.1, 0.15) is 22.8 Å². The van der Waals surface area contributed by atoms with E-state index < -0.39 is 5.97 Å². The average Bonchev–Trinajstić information content (AvgIpc) is 3.11. The van der Waals surface area contributed by atoms with Crippen LogP contribution in [0.15, 0.2) is 66.7 Å². The van der Waals surface area contributed by atoms with Crippen molar-refractivity contribution in [2.24, 2.45) is 0 Å². The second-order valence-electron chi connectivity index (χ2n) is 6.86. The number of methoxy groups -OCH3 is 1. The van der Waals surface area contributed by atoms with Crippen LogP contribution in [-0.2, 0) is 11.3 Å². The molecule has 3 aromatic carbocycles. The number of benzene rings is 3. The van der Waals surface area contributed by atoms with Gasteiger partial charge in [-0.05, 0) is 36.2 Å². The largest absolute Gasteiger partial charge is 0.465 e. The van der Waals surface area contributed by atoms with E-state index in [9.17, 15) is 4.79 Å². The molecule has 0 amide bonds. The van der Waals surface area contributed by atoms with Crippen LogP contribution in [0.25, 0.3) is 22.2 Å². The van der Waals surface area contributed by atoms with E-state index in [-0.39, 0.29) is 0 Å². The second kappa shape index (κ2) is 8.29. The van der Waals surface area contributed by atoms with E-state index in [2.05, 4.69) is 4.98 Å². The molecule has 0 radical (unpaired) electrons. The van der Waals surface area contributed by atoms with Gasteiger partial charge in [0.1, 0.15) is 0 Å². The summed E-state index contributed by atoms with van der Waals surface area (Å²) in [5.74, 6) is -0.403. The molecule has 1 aromatic heterocycles. The van der Waals surface area contributed by atoms with E-state index in [1.165, 1.54) is 7.11 Å². The van der Waals surface area contributed by atoms with Crippen molar-refractivity contribution < 1.29 is 14.3 Å². The highest BCUT2D eigenvalue weighted by molar-refractivity contribution is 6.02. The highest BCUT2D eigenvalue weighted by Crippen LogP contribution is 2.29. The van der Waals surface area contributed by atoms with Crippen molar-refractivity contribution in [2.45, 2.75) is 13.5 Å². The first-order chi connectivity index (χ1) is 14.6. The number of fused-ring (bicyclic) bond motifs is 1. The van der Waals surface area contributed by atoms with Gasteiger partial charge < -0.3 is 15.2 Å². The van der Waals surface area contributed by atoms with Crippen LogP contribution in [0.5, 0.6) is 6.01 Å². The summed E-state index contributed by atoms with van der Waals surface area (Å²) in [4.78, 5) is 16.9. The molecule has 0 fully saturated rings. The van der Waals surface area contributed by atoms with Crippen LogP contribution in [0, 0.1) is 0 Å². The number of aromatic nitrogens is 2. The van der Waals surface area contributed by atoms with Crippen molar-refractivity contribution in [1.82, 2.24) is 9.55 Å². The number of para-hydroxylation sites is 2. The zero-order valence-corrected chi connectivity index (χ0v) is 17.0. The second-order valence-corrected chi connectivity index (χ2v) is 6.86. The Morgan fingerprint density at radius 3 is 2.50 bits per heavy atom. The number of anilines is 1. The van der Waals surface area contributed by atoms with Crippen LogP contribution in [-0.4, -0.2) is 29.2 Å². The highest BCUT2D eigenvalue weighted by atomic mass is 16.5. The predicted molar refractivity (Wildman–Crippen MR) is 118 cm³/mol. The minimum Gasteiger partial charge on any atom is -0.465 e. The Kier molecular flexibility index (Phi) is 5.39. The number of hydrogen-bond donors (Lipinski definition) is 1. The summed E-state index contributed by atoms with van der Waals surface area (Å²) in [5.41, 5.74) is 11.8. The van der Waals surface area contributed by atoms with Crippen molar-refractivity contribution >= 4 is 22.7 Å². The third-order valence-electron chi connectivity index (χ3n) is 4.98. The molecular formula is C24H23N3O3. The van der Waals surface area contributed by atoms with Gasteiger partial charge in [0.25, 0.3) is 6.01 Å². The molecule has 0 unspecified atom stereocenters. The van der Waals surface area contributed by atoms with Gasteiger partial charge >= 0.3 is 5.97 Å². The molecule has 4 aromatic rings. The Morgan fingerprint density at radius 1 is 1.03 bits per heavy atom. The summed E-state index contributed by atoms with van der Waals surface area (Å²) in [5, 5.41) is 0. The molecule has 152 valence electrons. The summed E-state index contributed by atoms with van der Waals surface area (Å²) in [6.07, 6.45) is 0. The molecule has 0 aliphatic carbocycles. The van der Waals surface area contributed by atoms with Crippen LogP contribution in [0.2, 0.25) is 0 Å². The van der Waals surface area contributed by atoms with Gasteiger partial charge in [-0.2, -0.15) is 4.98 Å². The zero-order valence-electron chi connectivity index (χ0n) is 17.0. The van der Waals surface area contributed by atoms with Crippen molar-refractivity contribution in [2.75, 3.05) is 19.5 Å². The number of rotatable bonds is 6. The zero-order chi connectivity index (χ0) is 21.1. The average molecular weight is 401 g/mol. The van der Waals surface area contributed by atoms with E-state index >= 15 is 0 Å². The van der Waals surface area contributed by atoms with Gasteiger partial charge in [-0.25, -0.2) is 4.79 Å². The molecular weight excluding hydrogens is 378 g/mol. The molecule has 6 heteroatoms. The Hall–Kier alpha value is -3.80. The first-order valence-electron chi connectivity index (χ1n) is 9.76. The van der Waals surface area contributed by atoms with Gasteiger partial charge in [-0.1, -0.05) is 48.5 Å². The summed E-state index contributed by atoms with van der Waals surface area (Å²) in [6, 6.07) is 21.8. The summed E-state index contributed by atoms with van der Waals surface area (Å²) in [6.45, 7) is 2.89. The van der Waals surface area contributed by atoms with Crippen molar-refractivity contribution in [3.05, 3.63) is 77.9 Å². The Labute approximate surface area is 174 Å². The number of ether oxygens (including phenoxy) is 2. The number of carbonyl (C=O) groups is 1. The first-order valence-corrected chi connectivity index (χ1v) is 9.76. The quantitative estimate of drug-likeness (QED) is 0.380. The van der Waals surface area contributed by atoms with Crippen LogP contribution < -0.4 is 10.5 Å². The number of nitrogen functional groups attached to an aromatic ring is 1. The molecule has 0 aliphatic rings. The number of hydrogen-bond acceptors (Lipinski definition) is 5. The minimum absolute atomic E-state index is 0.403. The Balaban J connectivity index is 1.75. The van der Waals surface area contributed by atoms with Gasteiger partial charge in [0.15, 0.2) is 0 Å². The number of carbonyl (C=O) groups excluding carboxylic acids is 1. The molecule has 2 N–H and O–H groups in total. The lowest BCUT2D eigenvalue weighted by molar-refractivity contribution is 0.0602. The van der Waals surface area contributed by atoms with E-state index in [1.54, 1.807) is 12.1 Å². The molecule has 0 spiro atoms. The van der Waals surface area contributed by atoms with E-state index in [4.69, 9.17) is 15.2 Å². The maximum absolute atomic E-state index is 12.3. The summed E-state index contributed by atoms with van der Waals surface area (Å²) < 4.78 is 12.6. The van der Waals surface area contributed by atoms with Gasteiger partial charge in [0, 0.05) is 11.3 Å². The standard InChI is InChI=1S/C24H23N3O3/c1-3-30-24-26-21-10-6-8-19(23(28)29-2)22(21)27(24)15-16-11-13-17(14-12-16)18-7-4-5-9-20(18)25/h4-14H,3,15,25H2,1-2H3. The van der Waals surface area contributed by atoms with E-state index in [0.717, 1.165) is 22.4 Å². The highest BCUT2D eigenvalue weighted by Gasteiger charge is 2.19. The molecule has 0 atom stereocenters. The fraction of sp³-hybridized carbons (Fsp3) is 0.167. The Morgan fingerprint density at radius 2 is 1.80 bits per heavy atom. The van der Waals surface area contributed by atoms with Crippen molar-refractivity contribution in [1.29, 1.82) is 0 Å². The molecule has 4 rings (SSSR count). The number of nitrogens with two attached hydrogens (primary N) is 1. The minimum atomic E-state index is -0.403. The smallest absolute Gasteiger partial charge is 0.340 e. The molecule has 30 heavy (non-hydrogen) atoms. The lowest BCUT2D eigenvalue weighted by Gasteiger charge is -2.12. The normalized spacial score (nSPS) is 10.9. The molecule has 0 saturated carbocycles. The van der Waals surface area contributed by atoms with Gasteiger partial charge in [0.2, 0.25) is 0 Å². The van der Waals surface area contributed by atoms with E-state index in [0.29, 0.717) is 35.8 Å². The third-order valence-corrected chi connectivity index (χ3v) is 4.98. The number of imidazole rings is 1. The first kappa shape index (κ1) is 19.5. The maximum Gasteiger partial charge on any atom is 0.340 e. The molecule has 1 heterocycles. The van der Waals surface area contributed by atoms with Crippen molar-refractivity contribution in [3.63, 3.8) is 0 Å². The maximum atomic E-state index is 12.3. The lowest BCUT2D eigenvalue weighted by atomic mass is 10.0. The van der Waals surface area contributed by atoms with Crippen molar-refractivity contribution in [3.8, 4) is 17.1 Å². The fourth-order valence-corrected chi connectivity index (χ4v) is 3.56. The van der Waals surface area contributed by atoms with Gasteiger partial charge in [-0.15, -0.1) is 0 Å². The summed E-state index contributed by atoms with van der Waals surface area (Å²) >= 11 is 0. The molecule has 0 aliphatic heterocycles. The van der Waals surface area contributed by atoms with Crippen LogP contribution in [0.3, 0.4) is 0 Å². The fourth-order valence-electron chi connectivity index (χ4n) is 3.56. The van der Waals surface area contributed by atoms with E-state index in [1.807, 2.05) is 66.1 Å². The Bertz CT molecular complexity index is 1200. The van der Waals surface area contributed by atoms with Crippen LogP contribution >= 0.6 is 0 Å². The summed E-state index contributed by atoms with van der Waals surface area (Å²) in [7, 11) is 1.37. The number of nitrogens with zero attached hydrogens (tertiary/aromatic N) is 2. The monoisotopic (exact) mass is 401 g/mol.